The molecule has 0 heterocycles. The van der Waals surface area contributed by atoms with Gasteiger partial charge in [-0.2, -0.15) is 0 Å². The van der Waals surface area contributed by atoms with E-state index in [-0.39, 0.29) is 22.7 Å². The van der Waals surface area contributed by atoms with Crippen molar-refractivity contribution in [1.29, 1.82) is 0 Å². The first-order valence-corrected chi connectivity index (χ1v) is 9.48. The highest BCUT2D eigenvalue weighted by Gasteiger charge is 2.38. The van der Waals surface area contributed by atoms with Crippen LogP contribution < -0.4 is 5.32 Å². The van der Waals surface area contributed by atoms with E-state index in [1.165, 1.54) is 38.5 Å². The van der Waals surface area contributed by atoms with Crippen molar-refractivity contribution in [2.24, 2.45) is 16.7 Å². The number of hydrogen-bond donors (Lipinski definition) is 1. The van der Waals surface area contributed by atoms with E-state index in [1.807, 2.05) is 6.92 Å². The second-order valence-corrected chi connectivity index (χ2v) is 8.36. The molecule has 0 aliphatic heterocycles. The molecule has 0 aliphatic rings. The molecule has 2 nitrogen and oxygen atoms in total. The first kappa shape index (κ1) is 21.5. The summed E-state index contributed by atoms with van der Waals surface area (Å²) in [7, 11) is 0. The van der Waals surface area contributed by atoms with Gasteiger partial charge in [-0.25, -0.2) is 0 Å². The lowest BCUT2D eigenvalue weighted by molar-refractivity contribution is -0.130. The minimum Gasteiger partial charge on any atom is -0.356 e. The van der Waals surface area contributed by atoms with Crippen molar-refractivity contribution in [3.8, 4) is 0 Å². The van der Waals surface area contributed by atoms with Crippen LogP contribution in [0.25, 0.3) is 0 Å². The van der Waals surface area contributed by atoms with E-state index in [4.69, 9.17) is 0 Å². The fourth-order valence-corrected chi connectivity index (χ4v) is 3.34. The molecule has 22 heavy (non-hydrogen) atoms. The molecule has 0 aromatic carbocycles. The third kappa shape index (κ3) is 8.19. The molecule has 0 aromatic rings. The predicted molar refractivity (Wildman–Crippen MR) is 98.0 cm³/mol. The van der Waals surface area contributed by atoms with Gasteiger partial charge in [0.2, 0.25) is 5.91 Å². The maximum atomic E-state index is 12.7. The van der Waals surface area contributed by atoms with E-state index in [1.54, 1.807) is 0 Å². The molecular formula is C20H41NO. The molecule has 0 aromatic heterocycles. The number of rotatable bonds is 12. The zero-order valence-corrected chi connectivity index (χ0v) is 16.3. The minimum atomic E-state index is 0.0813. The molecule has 0 fully saturated rings. The summed E-state index contributed by atoms with van der Waals surface area (Å²) in [6.07, 6.45) is 9.58. The van der Waals surface area contributed by atoms with E-state index in [0.29, 0.717) is 0 Å². The Morgan fingerprint density at radius 1 is 0.909 bits per heavy atom. The van der Waals surface area contributed by atoms with Crippen molar-refractivity contribution in [1.82, 2.24) is 5.32 Å². The Bertz CT molecular complexity index is 307. The number of nitrogens with one attached hydrogen (secondary N) is 1. The summed E-state index contributed by atoms with van der Waals surface area (Å²) in [6, 6.07) is 0. The monoisotopic (exact) mass is 311 g/mol. The summed E-state index contributed by atoms with van der Waals surface area (Å²) in [4.78, 5) is 12.7. The standard InChI is InChI=1S/C20H41NO/c1-8-11-13-15-20(6,7)17(18(22)21-10-3)16-19(4,5)14-12-9-2/h17H,8-16H2,1-7H3,(H,21,22). The third-order valence-electron chi connectivity index (χ3n) is 5.00. The zero-order valence-electron chi connectivity index (χ0n) is 16.3. The third-order valence-corrected chi connectivity index (χ3v) is 5.00. The molecule has 132 valence electrons. The first-order valence-electron chi connectivity index (χ1n) is 9.48. The summed E-state index contributed by atoms with van der Waals surface area (Å²) in [5, 5.41) is 3.08. The van der Waals surface area contributed by atoms with Gasteiger partial charge in [-0.05, 0) is 37.0 Å². The number of hydrogen-bond acceptors (Lipinski definition) is 1. The molecule has 1 atom stereocenters. The Hall–Kier alpha value is -0.530. The molecule has 1 N–H and O–H groups in total. The van der Waals surface area contributed by atoms with Crippen LogP contribution in [0, 0.1) is 16.7 Å². The first-order chi connectivity index (χ1) is 10.2. The summed E-state index contributed by atoms with van der Waals surface area (Å²) in [6.45, 7) is 16.5. The Balaban J connectivity index is 4.98. The van der Waals surface area contributed by atoms with Crippen LogP contribution in [0.1, 0.15) is 99.8 Å². The molecule has 0 saturated carbocycles. The number of carbonyl (C=O) groups is 1. The van der Waals surface area contributed by atoms with Gasteiger partial charge in [0.25, 0.3) is 0 Å². The largest absolute Gasteiger partial charge is 0.356 e. The predicted octanol–water partition coefficient (Wildman–Crippen LogP) is 5.95. The van der Waals surface area contributed by atoms with E-state index in [0.717, 1.165) is 19.4 Å². The SMILES string of the molecule is CCCCCC(C)(C)C(CC(C)(C)CCCC)C(=O)NCC. The second-order valence-electron chi connectivity index (χ2n) is 8.36. The fourth-order valence-electron chi connectivity index (χ4n) is 3.34. The van der Waals surface area contributed by atoms with Crippen molar-refractivity contribution in [3.63, 3.8) is 0 Å². The molecule has 0 bridgehead atoms. The average Bonchev–Trinajstić information content (AvgIpc) is 2.43. The summed E-state index contributed by atoms with van der Waals surface area (Å²) in [5.41, 5.74) is 0.325. The van der Waals surface area contributed by atoms with Gasteiger partial charge in [-0.1, -0.05) is 73.6 Å². The van der Waals surface area contributed by atoms with Gasteiger partial charge in [0.05, 0.1) is 0 Å². The van der Waals surface area contributed by atoms with Gasteiger partial charge in [0.15, 0.2) is 0 Å². The quantitative estimate of drug-likeness (QED) is 0.443. The number of amides is 1. The van der Waals surface area contributed by atoms with Gasteiger partial charge in [-0.3, -0.25) is 4.79 Å². The van der Waals surface area contributed by atoms with E-state index in [9.17, 15) is 4.79 Å². The lowest BCUT2D eigenvalue weighted by Gasteiger charge is -2.38. The van der Waals surface area contributed by atoms with Gasteiger partial charge in [0, 0.05) is 12.5 Å². The van der Waals surface area contributed by atoms with Crippen LogP contribution in [-0.2, 0) is 4.79 Å². The second kappa shape index (κ2) is 10.3. The van der Waals surface area contributed by atoms with Gasteiger partial charge in [-0.15, -0.1) is 0 Å². The normalized spacial score (nSPS) is 14.0. The Kier molecular flexibility index (Phi) is 10.0. The van der Waals surface area contributed by atoms with Crippen LogP contribution in [0.4, 0.5) is 0 Å². The van der Waals surface area contributed by atoms with E-state index >= 15 is 0 Å². The smallest absolute Gasteiger partial charge is 0.223 e. The topological polar surface area (TPSA) is 29.1 Å². The van der Waals surface area contributed by atoms with Crippen LogP contribution in [0.5, 0.6) is 0 Å². The van der Waals surface area contributed by atoms with E-state index < -0.39 is 0 Å². The van der Waals surface area contributed by atoms with Crippen molar-refractivity contribution >= 4 is 5.91 Å². The van der Waals surface area contributed by atoms with Gasteiger partial charge >= 0.3 is 0 Å². The highest BCUT2D eigenvalue weighted by atomic mass is 16.1. The van der Waals surface area contributed by atoms with Gasteiger partial charge < -0.3 is 5.32 Å². The van der Waals surface area contributed by atoms with Crippen LogP contribution in [0.15, 0.2) is 0 Å². The molecule has 0 saturated heterocycles. The summed E-state index contributed by atoms with van der Waals surface area (Å²) in [5.74, 6) is 0.379. The molecule has 1 unspecified atom stereocenters. The van der Waals surface area contributed by atoms with Crippen LogP contribution >= 0.6 is 0 Å². The number of unbranched alkanes of at least 4 members (excludes halogenated alkanes) is 3. The van der Waals surface area contributed by atoms with Crippen LogP contribution in [-0.4, -0.2) is 12.5 Å². The Labute approximate surface area is 139 Å². The molecule has 0 radical (unpaired) electrons. The lowest BCUT2D eigenvalue weighted by atomic mass is 9.67. The molecule has 2 heteroatoms. The zero-order chi connectivity index (χ0) is 17.2. The van der Waals surface area contributed by atoms with Crippen LogP contribution in [0.3, 0.4) is 0 Å². The summed E-state index contributed by atoms with van der Waals surface area (Å²) < 4.78 is 0. The molecular weight excluding hydrogens is 270 g/mol. The van der Waals surface area contributed by atoms with Crippen molar-refractivity contribution < 1.29 is 4.79 Å². The highest BCUT2D eigenvalue weighted by molar-refractivity contribution is 5.79. The van der Waals surface area contributed by atoms with Crippen molar-refractivity contribution in [3.05, 3.63) is 0 Å². The Morgan fingerprint density at radius 3 is 2.00 bits per heavy atom. The highest BCUT2D eigenvalue weighted by Crippen LogP contribution is 2.42. The molecule has 0 aliphatic carbocycles. The maximum Gasteiger partial charge on any atom is 0.223 e. The van der Waals surface area contributed by atoms with Crippen molar-refractivity contribution in [2.75, 3.05) is 6.54 Å². The van der Waals surface area contributed by atoms with Gasteiger partial charge in [0.1, 0.15) is 0 Å². The maximum absolute atomic E-state index is 12.7. The molecule has 0 rings (SSSR count). The van der Waals surface area contributed by atoms with E-state index in [2.05, 4.69) is 46.9 Å². The lowest BCUT2D eigenvalue weighted by Crippen LogP contribution is -2.41. The number of carbonyl (C=O) groups excluding carboxylic acids is 1. The van der Waals surface area contributed by atoms with Crippen LogP contribution in [0.2, 0.25) is 0 Å². The summed E-state index contributed by atoms with van der Waals surface area (Å²) >= 11 is 0. The fraction of sp³-hybridized carbons (Fsp3) is 0.950. The average molecular weight is 312 g/mol. The Morgan fingerprint density at radius 2 is 1.50 bits per heavy atom. The minimum absolute atomic E-state index is 0.0813. The van der Waals surface area contributed by atoms with Crippen molar-refractivity contribution in [2.45, 2.75) is 99.8 Å². The molecule has 1 amide bonds. The molecule has 0 spiro atoms.